The Balaban J connectivity index is 1.32. The van der Waals surface area contributed by atoms with Gasteiger partial charge in [0.1, 0.15) is 0 Å². The number of rotatable bonds is 6. The molecule has 166 valence electrons. The number of benzene rings is 2. The molecule has 0 aliphatic carbocycles. The average Bonchev–Trinajstić information content (AvgIpc) is 2.83. The summed E-state index contributed by atoms with van der Waals surface area (Å²) in [5.41, 5.74) is 1.37. The van der Waals surface area contributed by atoms with Gasteiger partial charge >= 0.3 is 0 Å². The summed E-state index contributed by atoms with van der Waals surface area (Å²) in [4.78, 5) is 29.4. The molecular formula is C23H24N4O4S. The highest BCUT2D eigenvalue weighted by Gasteiger charge is 2.33. The number of piperidine rings is 1. The first-order valence-corrected chi connectivity index (χ1v) is 11.8. The average molecular weight is 453 g/mol. The summed E-state index contributed by atoms with van der Waals surface area (Å²) in [6.07, 6.45) is 2.72. The zero-order valence-electron chi connectivity index (χ0n) is 17.4. The van der Waals surface area contributed by atoms with Gasteiger partial charge in [0.05, 0.1) is 34.8 Å². The minimum Gasteiger partial charge on any atom is -0.347 e. The zero-order valence-corrected chi connectivity index (χ0v) is 18.2. The summed E-state index contributed by atoms with van der Waals surface area (Å²) in [5, 5.41) is 6.25. The summed E-state index contributed by atoms with van der Waals surface area (Å²) in [6.45, 7) is 0.267. The number of carbonyl (C=O) groups excluding carboxylic acids is 2. The van der Waals surface area contributed by atoms with Gasteiger partial charge in [0.2, 0.25) is 21.8 Å². The van der Waals surface area contributed by atoms with Crippen molar-refractivity contribution in [1.82, 2.24) is 14.6 Å². The number of hydrogen-bond donors (Lipinski definition) is 2. The molecule has 3 aromatic rings. The molecule has 1 aromatic heterocycles. The number of fused-ring (bicyclic) bond motifs is 1. The lowest BCUT2D eigenvalue weighted by Crippen LogP contribution is -2.46. The van der Waals surface area contributed by atoms with Crippen LogP contribution in [-0.2, 0) is 19.6 Å². The van der Waals surface area contributed by atoms with E-state index in [1.54, 1.807) is 36.5 Å². The highest BCUT2D eigenvalue weighted by Crippen LogP contribution is 2.24. The third kappa shape index (κ3) is 4.95. The van der Waals surface area contributed by atoms with Crippen LogP contribution in [0.15, 0.2) is 71.8 Å². The van der Waals surface area contributed by atoms with E-state index in [9.17, 15) is 18.0 Å². The van der Waals surface area contributed by atoms with Crippen molar-refractivity contribution in [2.45, 2.75) is 17.7 Å². The van der Waals surface area contributed by atoms with Crippen LogP contribution in [0.2, 0.25) is 0 Å². The molecule has 0 spiro atoms. The van der Waals surface area contributed by atoms with Crippen LogP contribution in [0.5, 0.6) is 0 Å². The topological polar surface area (TPSA) is 108 Å². The number of carbonyl (C=O) groups is 2. The van der Waals surface area contributed by atoms with E-state index in [0.29, 0.717) is 25.1 Å². The fourth-order valence-electron chi connectivity index (χ4n) is 3.77. The Hall–Kier alpha value is -3.30. The third-order valence-corrected chi connectivity index (χ3v) is 7.31. The molecule has 1 fully saturated rings. The van der Waals surface area contributed by atoms with Crippen molar-refractivity contribution in [2.75, 3.05) is 25.0 Å². The van der Waals surface area contributed by atoms with Crippen LogP contribution in [-0.4, -0.2) is 49.2 Å². The summed E-state index contributed by atoms with van der Waals surface area (Å²) in [5.74, 6) is -1.21. The Morgan fingerprint density at radius 1 is 1.06 bits per heavy atom. The van der Waals surface area contributed by atoms with Gasteiger partial charge in [-0.2, -0.15) is 4.31 Å². The van der Waals surface area contributed by atoms with E-state index in [1.807, 2.05) is 30.3 Å². The molecule has 1 atom stereocenters. The highest BCUT2D eigenvalue weighted by molar-refractivity contribution is 7.89. The molecule has 2 N–H and O–H groups in total. The second-order valence-corrected chi connectivity index (χ2v) is 9.64. The number of para-hydroxylation sites is 1. The van der Waals surface area contributed by atoms with Crippen LogP contribution in [0.1, 0.15) is 12.8 Å². The number of hydrogen-bond acceptors (Lipinski definition) is 5. The lowest BCUT2D eigenvalue weighted by Gasteiger charge is -2.31. The molecular weight excluding hydrogens is 428 g/mol. The number of sulfonamides is 1. The van der Waals surface area contributed by atoms with Crippen LogP contribution >= 0.6 is 0 Å². The van der Waals surface area contributed by atoms with Crippen molar-refractivity contribution in [3.8, 4) is 0 Å². The Morgan fingerprint density at radius 3 is 2.62 bits per heavy atom. The predicted molar refractivity (Wildman–Crippen MR) is 121 cm³/mol. The van der Waals surface area contributed by atoms with Gasteiger partial charge in [0, 0.05) is 18.5 Å². The van der Waals surface area contributed by atoms with E-state index in [2.05, 4.69) is 15.6 Å². The summed E-state index contributed by atoms with van der Waals surface area (Å²) in [6, 6.07) is 17.6. The van der Waals surface area contributed by atoms with Crippen LogP contribution in [0, 0.1) is 5.92 Å². The third-order valence-electron chi connectivity index (χ3n) is 5.43. The molecule has 4 rings (SSSR count). The largest absolute Gasteiger partial charge is 0.347 e. The molecule has 1 aliphatic rings. The summed E-state index contributed by atoms with van der Waals surface area (Å²) >= 11 is 0. The maximum atomic E-state index is 12.8. The van der Waals surface area contributed by atoms with Gasteiger partial charge in [-0.3, -0.25) is 14.6 Å². The van der Waals surface area contributed by atoms with Crippen molar-refractivity contribution in [1.29, 1.82) is 0 Å². The second kappa shape index (κ2) is 9.46. The van der Waals surface area contributed by atoms with Crippen molar-refractivity contribution < 1.29 is 18.0 Å². The molecule has 32 heavy (non-hydrogen) atoms. The maximum absolute atomic E-state index is 12.8. The smallest absolute Gasteiger partial charge is 0.243 e. The Labute approximate surface area is 186 Å². The van der Waals surface area contributed by atoms with Gasteiger partial charge in [-0.05, 0) is 37.1 Å². The van der Waals surface area contributed by atoms with Gasteiger partial charge < -0.3 is 10.6 Å². The molecule has 2 aromatic carbocycles. The SMILES string of the molecule is O=C(CNC(=O)[C@@H]1CCCN(S(=O)(=O)c2ccccc2)C1)Nc1cnc2ccccc2c1. The molecule has 1 aliphatic heterocycles. The monoisotopic (exact) mass is 452 g/mol. The Kier molecular flexibility index (Phi) is 6.48. The molecule has 9 heteroatoms. The van der Waals surface area contributed by atoms with Crippen molar-refractivity contribution in [3.63, 3.8) is 0 Å². The predicted octanol–water partition coefficient (Wildman–Crippen LogP) is 2.39. The van der Waals surface area contributed by atoms with Crippen molar-refractivity contribution in [3.05, 3.63) is 66.9 Å². The molecule has 0 unspecified atom stereocenters. The zero-order chi connectivity index (χ0) is 22.6. The first-order valence-electron chi connectivity index (χ1n) is 10.4. The first kappa shape index (κ1) is 21.9. The number of aromatic nitrogens is 1. The lowest BCUT2D eigenvalue weighted by atomic mass is 9.99. The van der Waals surface area contributed by atoms with E-state index in [0.717, 1.165) is 10.9 Å². The van der Waals surface area contributed by atoms with Gasteiger partial charge in [0.15, 0.2) is 0 Å². The molecule has 1 saturated heterocycles. The van der Waals surface area contributed by atoms with Crippen LogP contribution in [0.3, 0.4) is 0 Å². The van der Waals surface area contributed by atoms with E-state index in [-0.39, 0.29) is 29.8 Å². The summed E-state index contributed by atoms with van der Waals surface area (Å²) in [7, 11) is -3.65. The molecule has 0 radical (unpaired) electrons. The quantitative estimate of drug-likeness (QED) is 0.597. The molecule has 0 bridgehead atoms. The number of pyridine rings is 1. The van der Waals surface area contributed by atoms with E-state index in [4.69, 9.17) is 0 Å². The normalized spacial score (nSPS) is 17.1. The van der Waals surface area contributed by atoms with E-state index >= 15 is 0 Å². The minimum absolute atomic E-state index is 0.0965. The van der Waals surface area contributed by atoms with Gasteiger partial charge in [-0.1, -0.05) is 36.4 Å². The number of amides is 2. The second-order valence-electron chi connectivity index (χ2n) is 7.70. The van der Waals surface area contributed by atoms with Gasteiger partial charge in [0.25, 0.3) is 0 Å². The Morgan fingerprint density at radius 2 is 1.81 bits per heavy atom. The molecule has 2 heterocycles. The minimum atomic E-state index is -3.65. The first-order chi connectivity index (χ1) is 15.4. The highest BCUT2D eigenvalue weighted by atomic mass is 32.2. The molecule has 2 amide bonds. The summed E-state index contributed by atoms with van der Waals surface area (Å²) < 4.78 is 27.0. The molecule has 8 nitrogen and oxygen atoms in total. The van der Waals surface area contributed by atoms with Crippen LogP contribution in [0.25, 0.3) is 10.9 Å². The van der Waals surface area contributed by atoms with Crippen molar-refractivity contribution >= 4 is 38.4 Å². The lowest BCUT2D eigenvalue weighted by molar-refractivity contribution is -0.128. The van der Waals surface area contributed by atoms with Crippen LogP contribution < -0.4 is 10.6 Å². The fraction of sp³-hybridized carbons (Fsp3) is 0.261. The molecule has 0 saturated carbocycles. The number of nitrogens with zero attached hydrogens (tertiary/aromatic N) is 2. The number of nitrogens with one attached hydrogen (secondary N) is 2. The van der Waals surface area contributed by atoms with Crippen LogP contribution in [0.4, 0.5) is 5.69 Å². The fourth-order valence-corrected chi connectivity index (χ4v) is 5.32. The van der Waals surface area contributed by atoms with Gasteiger partial charge in [-0.25, -0.2) is 8.42 Å². The van der Waals surface area contributed by atoms with E-state index in [1.165, 1.54) is 4.31 Å². The standard InChI is InChI=1S/C23H24N4O4S/c28-22(26-19-13-17-7-4-5-11-21(17)24-14-19)15-25-23(29)18-8-6-12-27(16-18)32(30,31)20-9-2-1-3-10-20/h1-5,7,9-11,13-14,18H,6,8,12,15-16H2,(H,25,29)(H,26,28)/t18-/m1/s1. The maximum Gasteiger partial charge on any atom is 0.243 e. The van der Waals surface area contributed by atoms with Gasteiger partial charge in [-0.15, -0.1) is 0 Å². The van der Waals surface area contributed by atoms with Crippen molar-refractivity contribution in [2.24, 2.45) is 5.92 Å². The Bertz CT molecular complexity index is 1230. The van der Waals surface area contributed by atoms with E-state index < -0.39 is 15.9 Å². The number of anilines is 1.